The van der Waals surface area contributed by atoms with Crippen molar-refractivity contribution in [2.24, 2.45) is 17.1 Å². The maximum absolute atomic E-state index is 5.65. The number of nitrogens with one attached hydrogen (secondary N) is 1. The van der Waals surface area contributed by atoms with Crippen molar-refractivity contribution in [2.45, 2.75) is 12.8 Å². The van der Waals surface area contributed by atoms with E-state index in [1.165, 1.54) is 25.9 Å². The van der Waals surface area contributed by atoms with Crippen molar-refractivity contribution in [3.63, 3.8) is 0 Å². The van der Waals surface area contributed by atoms with Crippen LogP contribution < -0.4 is 11.1 Å². The van der Waals surface area contributed by atoms with Crippen molar-refractivity contribution in [3.8, 4) is 0 Å². The monoisotopic (exact) mass is 198 g/mol. The Kier molecular flexibility index (Phi) is 4.12. The average Bonchev–Trinajstić information content (AvgIpc) is 2.62. The summed E-state index contributed by atoms with van der Waals surface area (Å²) in [6, 6.07) is 0. The highest BCUT2D eigenvalue weighted by Crippen LogP contribution is 2.55. The van der Waals surface area contributed by atoms with E-state index in [1.54, 1.807) is 0 Å². The molecule has 0 bridgehead atoms. The molecular weight excluding hydrogens is 183 g/mol. The van der Waals surface area contributed by atoms with Gasteiger partial charge in [-0.15, -0.1) is 24.8 Å². The zero-order chi connectivity index (χ0) is 6.32. The molecule has 0 aromatic rings. The van der Waals surface area contributed by atoms with Gasteiger partial charge in [-0.05, 0) is 43.8 Å². The Hall–Kier alpha value is 0.500. The summed E-state index contributed by atoms with van der Waals surface area (Å²) >= 11 is 0. The molecule has 2 nitrogen and oxygen atoms in total. The topological polar surface area (TPSA) is 38.0 Å². The van der Waals surface area contributed by atoms with Gasteiger partial charge in [-0.25, -0.2) is 0 Å². The van der Waals surface area contributed by atoms with Crippen molar-refractivity contribution >= 4 is 24.8 Å². The second kappa shape index (κ2) is 3.94. The van der Waals surface area contributed by atoms with Gasteiger partial charge in [-0.2, -0.15) is 0 Å². The summed E-state index contributed by atoms with van der Waals surface area (Å²) in [4.78, 5) is 0. The molecule has 0 radical (unpaired) electrons. The lowest BCUT2D eigenvalue weighted by Gasteiger charge is -2.20. The first-order valence-electron chi connectivity index (χ1n) is 3.78. The van der Waals surface area contributed by atoms with Crippen LogP contribution in [0.15, 0.2) is 0 Å². The average molecular weight is 199 g/mol. The third kappa shape index (κ3) is 1.81. The fourth-order valence-electron chi connectivity index (χ4n) is 1.99. The van der Waals surface area contributed by atoms with Crippen LogP contribution in [0.25, 0.3) is 0 Å². The summed E-state index contributed by atoms with van der Waals surface area (Å²) in [5, 5.41) is 3.38. The van der Waals surface area contributed by atoms with Crippen molar-refractivity contribution in [2.75, 3.05) is 19.6 Å². The summed E-state index contributed by atoms with van der Waals surface area (Å²) in [5.41, 5.74) is 6.25. The Morgan fingerprint density at radius 1 is 1.45 bits per heavy atom. The standard InChI is InChI=1S/C7H14N2.2ClH/c8-5-7-1-2-9-4-6(7)3-7;;/h6,9H,1-5,8H2;2*1H. The molecular formula is C7H16Cl2N2. The fraction of sp³-hybridized carbons (Fsp3) is 1.00. The molecule has 1 heterocycles. The second-order valence-electron chi connectivity index (χ2n) is 3.42. The normalized spacial score (nSPS) is 39.5. The minimum Gasteiger partial charge on any atom is -0.330 e. The molecule has 2 fully saturated rings. The van der Waals surface area contributed by atoms with E-state index >= 15 is 0 Å². The van der Waals surface area contributed by atoms with Crippen LogP contribution in [0.4, 0.5) is 0 Å². The fourth-order valence-corrected chi connectivity index (χ4v) is 1.99. The van der Waals surface area contributed by atoms with Gasteiger partial charge in [-0.3, -0.25) is 0 Å². The molecule has 0 aromatic heterocycles. The molecule has 11 heavy (non-hydrogen) atoms. The van der Waals surface area contributed by atoms with Crippen LogP contribution in [0.3, 0.4) is 0 Å². The molecule has 3 N–H and O–H groups in total. The Morgan fingerprint density at radius 3 is 2.64 bits per heavy atom. The summed E-state index contributed by atoms with van der Waals surface area (Å²) in [5.74, 6) is 0.927. The molecule has 1 saturated heterocycles. The van der Waals surface area contributed by atoms with Gasteiger partial charge in [0.2, 0.25) is 0 Å². The van der Waals surface area contributed by atoms with E-state index in [4.69, 9.17) is 5.73 Å². The smallest absolute Gasteiger partial charge is 0.00145 e. The number of piperidine rings is 1. The summed E-state index contributed by atoms with van der Waals surface area (Å²) < 4.78 is 0. The van der Waals surface area contributed by atoms with E-state index in [2.05, 4.69) is 5.32 Å². The van der Waals surface area contributed by atoms with Crippen LogP contribution in [-0.4, -0.2) is 19.6 Å². The molecule has 2 atom stereocenters. The zero-order valence-corrected chi connectivity index (χ0v) is 8.14. The molecule has 0 spiro atoms. The maximum Gasteiger partial charge on any atom is -0.00145 e. The van der Waals surface area contributed by atoms with Crippen LogP contribution in [0.2, 0.25) is 0 Å². The van der Waals surface area contributed by atoms with E-state index in [0.29, 0.717) is 5.41 Å². The molecule has 1 aliphatic carbocycles. The molecule has 1 saturated carbocycles. The number of rotatable bonds is 1. The van der Waals surface area contributed by atoms with Crippen molar-refractivity contribution < 1.29 is 0 Å². The molecule has 2 rings (SSSR count). The van der Waals surface area contributed by atoms with E-state index in [-0.39, 0.29) is 24.8 Å². The van der Waals surface area contributed by atoms with Crippen molar-refractivity contribution in [1.82, 2.24) is 5.32 Å². The van der Waals surface area contributed by atoms with Gasteiger partial charge in [0.05, 0.1) is 0 Å². The van der Waals surface area contributed by atoms with Crippen LogP contribution in [0.5, 0.6) is 0 Å². The first-order chi connectivity index (χ1) is 4.37. The van der Waals surface area contributed by atoms with Crippen LogP contribution in [-0.2, 0) is 0 Å². The SMILES string of the molecule is Cl.Cl.NCC12CCNCC1C2. The minimum atomic E-state index is 0. The molecule has 0 aromatic carbocycles. The number of hydrogen-bond donors (Lipinski definition) is 2. The van der Waals surface area contributed by atoms with Crippen molar-refractivity contribution in [1.29, 1.82) is 0 Å². The van der Waals surface area contributed by atoms with Crippen molar-refractivity contribution in [3.05, 3.63) is 0 Å². The van der Waals surface area contributed by atoms with Crippen LogP contribution in [0, 0.1) is 11.3 Å². The summed E-state index contributed by atoms with van der Waals surface area (Å²) in [6.45, 7) is 3.32. The largest absolute Gasteiger partial charge is 0.330 e. The molecule has 2 unspecified atom stereocenters. The first kappa shape index (κ1) is 11.5. The Bertz CT molecular complexity index is 132. The lowest BCUT2D eigenvalue weighted by molar-refractivity contribution is 0.361. The predicted molar refractivity (Wildman–Crippen MR) is 51.6 cm³/mol. The second-order valence-corrected chi connectivity index (χ2v) is 3.42. The van der Waals surface area contributed by atoms with Gasteiger partial charge in [-0.1, -0.05) is 0 Å². The lowest BCUT2D eigenvalue weighted by atomic mass is 9.97. The Balaban J connectivity index is 0.000000500. The first-order valence-corrected chi connectivity index (χ1v) is 3.78. The quantitative estimate of drug-likeness (QED) is 0.655. The zero-order valence-electron chi connectivity index (χ0n) is 6.51. The molecule has 1 aliphatic heterocycles. The van der Waals surface area contributed by atoms with Crippen LogP contribution >= 0.6 is 24.8 Å². The Morgan fingerprint density at radius 2 is 2.18 bits per heavy atom. The predicted octanol–water partition coefficient (Wildman–Crippen LogP) is 0.788. The van der Waals surface area contributed by atoms with Gasteiger partial charge in [0.1, 0.15) is 0 Å². The summed E-state index contributed by atoms with van der Waals surface area (Å²) in [7, 11) is 0. The third-order valence-corrected chi connectivity index (χ3v) is 2.96. The lowest BCUT2D eigenvalue weighted by Crippen LogP contribution is -2.33. The highest BCUT2D eigenvalue weighted by Gasteiger charge is 2.53. The van der Waals surface area contributed by atoms with E-state index in [1.807, 2.05) is 0 Å². The van der Waals surface area contributed by atoms with E-state index < -0.39 is 0 Å². The number of fused-ring (bicyclic) bond motifs is 1. The van der Waals surface area contributed by atoms with Gasteiger partial charge in [0.15, 0.2) is 0 Å². The number of nitrogens with two attached hydrogens (primary N) is 1. The Labute approximate surface area is 80.1 Å². The molecule has 68 valence electrons. The highest BCUT2D eigenvalue weighted by atomic mass is 35.5. The third-order valence-electron chi connectivity index (χ3n) is 2.96. The number of halogens is 2. The highest BCUT2D eigenvalue weighted by molar-refractivity contribution is 5.85. The van der Waals surface area contributed by atoms with E-state index in [9.17, 15) is 0 Å². The maximum atomic E-state index is 5.65. The van der Waals surface area contributed by atoms with E-state index in [0.717, 1.165) is 12.5 Å². The molecule has 4 heteroatoms. The minimum absolute atomic E-state index is 0. The summed E-state index contributed by atoms with van der Waals surface area (Å²) in [6.07, 6.45) is 2.70. The number of hydrogen-bond acceptors (Lipinski definition) is 2. The van der Waals surface area contributed by atoms with Crippen LogP contribution in [0.1, 0.15) is 12.8 Å². The van der Waals surface area contributed by atoms with Gasteiger partial charge in [0, 0.05) is 0 Å². The molecule has 0 amide bonds. The molecule has 2 aliphatic rings. The van der Waals surface area contributed by atoms with Gasteiger partial charge >= 0.3 is 0 Å². The van der Waals surface area contributed by atoms with Gasteiger partial charge < -0.3 is 11.1 Å². The van der Waals surface area contributed by atoms with Gasteiger partial charge in [0.25, 0.3) is 0 Å².